The molecule has 0 saturated carbocycles. The van der Waals surface area contributed by atoms with E-state index < -0.39 is 16.5 Å². The molecule has 0 aromatic carbocycles. The largest absolute Gasteiger partial charge is 0.313 e. The van der Waals surface area contributed by atoms with Crippen LogP contribution in [0, 0.1) is 0 Å². The molecule has 4 heteroatoms. The van der Waals surface area contributed by atoms with Crippen LogP contribution in [-0.2, 0) is 4.84 Å². The molecule has 0 aromatic heterocycles. The lowest BCUT2D eigenvalue weighted by atomic mass is 10.9. The van der Waals surface area contributed by atoms with Gasteiger partial charge in [-0.2, -0.15) is 0 Å². The Morgan fingerprint density at radius 3 is 1.33 bits per heavy atom. The zero-order valence-electron chi connectivity index (χ0n) is 9.56. The summed E-state index contributed by atoms with van der Waals surface area (Å²) >= 11 is 0. The Morgan fingerprint density at radius 1 is 0.917 bits per heavy atom. The monoisotopic (exact) mass is 205 g/mol. The van der Waals surface area contributed by atoms with Gasteiger partial charge in [-0.05, 0) is 6.92 Å². The SMILES string of the molecule is CCON([Si](C)(C)C)[Si](C)(C)C. The van der Waals surface area contributed by atoms with Crippen molar-refractivity contribution in [1.82, 2.24) is 4.39 Å². The molecular weight excluding hydrogens is 182 g/mol. The van der Waals surface area contributed by atoms with E-state index in [0.717, 1.165) is 6.61 Å². The van der Waals surface area contributed by atoms with Crippen molar-refractivity contribution in [2.24, 2.45) is 0 Å². The molecule has 0 atom stereocenters. The molecule has 0 saturated heterocycles. The fraction of sp³-hybridized carbons (Fsp3) is 1.00. The summed E-state index contributed by atoms with van der Waals surface area (Å²) in [6.45, 7) is 16.9. The summed E-state index contributed by atoms with van der Waals surface area (Å²) in [6, 6.07) is 0. The minimum absolute atomic E-state index is 0.800. The summed E-state index contributed by atoms with van der Waals surface area (Å²) in [5.41, 5.74) is 0. The van der Waals surface area contributed by atoms with Gasteiger partial charge < -0.3 is 4.84 Å². The number of nitrogens with zero attached hydrogens (tertiary/aromatic N) is 1. The summed E-state index contributed by atoms with van der Waals surface area (Å²) in [4.78, 5) is 5.73. The minimum Gasteiger partial charge on any atom is -0.313 e. The Morgan fingerprint density at radius 2 is 1.25 bits per heavy atom. The van der Waals surface area contributed by atoms with Gasteiger partial charge in [-0.15, -0.1) is 0 Å². The van der Waals surface area contributed by atoms with Gasteiger partial charge in [0, 0.05) is 0 Å². The first-order valence-electron chi connectivity index (χ1n) is 4.63. The smallest absolute Gasteiger partial charge is 0.141 e. The molecule has 0 bridgehead atoms. The predicted molar refractivity (Wildman–Crippen MR) is 60.2 cm³/mol. The zero-order chi connectivity index (χ0) is 9.99. The number of hydrogen-bond acceptors (Lipinski definition) is 2. The summed E-state index contributed by atoms with van der Waals surface area (Å²) in [5, 5.41) is 0. The number of rotatable bonds is 4. The van der Waals surface area contributed by atoms with Gasteiger partial charge in [0.2, 0.25) is 0 Å². The van der Waals surface area contributed by atoms with E-state index >= 15 is 0 Å². The molecule has 0 radical (unpaired) electrons. The van der Waals surface area contributed by atoms with Crippen LogP contribution < -0.4 is 0 Å². The van der Waals surface area contributed by atoms with Crippen molar-refractivity contribution in [3.63, 3.8) is 0 Å². The first-order valence-corrected chi connectivity index (χ1v) is 11.5. The second-order valence-electron chi connectivity index (χ2n) is 5.05. The predicted octanol–water partition coefficient (Wildman–Crippen LogP) is 2.91. The maximum absolute atomic E-state index is 5.73. The van der Waals surface area contributed by atoms with Crippen molar-refractivity contribution < 1.29 is 4.84 Å². The van der Waals surface area contributed by atoms with Crippen LogP contribution in [0.4, 0.5) is 0 Å². The van der Waals surface area contributed by atoms with E-state index in [0.29, 0.717) is 0 Å². The molecule has 74 valence electrons. The van der Waals surface area contributed by atoms with Gasteiger partial charge >= 0.3 is 0 Å². The van der Waals surface area contributed by atoms with Crippen LogP contribution in [-0.4, -0.2) is 27.5 Å². The van der Waals surface area contributed by atoms with Gasteiger partial charge in [0.05, 0.1) is 6.61 Å². The lowest BCUT2D eigenvalue weighted by Gasteiger charge is -2.41. The molecule has 0 rings (SSSR count). The molecule has 2 nitrogen and oxygen atoms in total. The molecule has 0 heterocycles. The standard InChI is InChI=1S/C8H23NOSi2/c1-8-10-9(11(2,3)4)12(5,6)7/h8H2,1-7H3. The van der Waals surface area contributed by atoms with Gasteiger partial charge in [-0.25, -0.2) is 4.39 Å². The maximum Gasteiger partial charge on any atom is 0.141 e. The molecule has 12 heavy (non-hydrogen) atoms. The third kappa shape index (κ3) is 3.84. The third-order valence-corrected chi connectivity index (χ3v) is 8.20. The van der Waals surface area contributed by atoms with Crippen molar-refractivity contribution in [2.75, 3.05) is 6.61 Å². The van der Waals surface area contributed by atoms with Gasteiger partial charge in [0.1, 0.15) is 16.5 Å². The fourth-order valence-corrected chi connectivity index (χ4v) is 10.6. The third-order valence-electron chi connectivity index (χ3n) is 1.48. The van der Waals surface area contributed by atoms with Crippen LogP contribution in [0.3, 0.4) is 0 Å². The Bertz CT molecular complexity index is 123. The second kappa shape index (κ2) is 4.04. The average molecular weight is 205 g/mol. The zero-order valence-corrected chi connectivity index (χ0v) is 11.6. The van der Waals surface area contributed by atoms with Gasteiger partial charge in [0.25, 0.3) is 0 Å². The second-order valence-corrected chi connectivity index (χ2v) is 15.0. The van der Waals surface area contributed by atoms with Crippen LogP contribution in [0.15, 0.2) is 0 Å². The Balaban J connectivity index is 4.45. The molecule has 0 aliphatic heterocycles. The molecule has 0 fully saturated rings. The molecule has 0 aliphatic carbocycles. The molecule has 0 aromatic rings. The van der Waals surface area contributed by atoms with Crippen molar-refractivity contribution in [3.8, 4) is 0 Å². The molecular formula is C8H23NOSi2. The highest BCUT2D eigenvalue weighted by molar-refractivity contribution is 6.88. The van der Waals surface area contributed by atoms with Crippen LogP contribution in [0.1, 0.15) is 6.92 Å². The van der Waals surface area contributed by atoms with Crippen LogP contribution in [0.25, 0.3) is 0 Å². The fourth-order valence-electron chi connectivity index (χ4n) is 1.52. The van der Waals surface area contributed by atoms with E-state index in [-0.39, 0.29) is 0 Å². The molecule has 0 N–H and O–H groups in total. The van der Waals surface area contributed by atoms with Crippen molar-refractivity contribution >= 4 is 16.5 Å². The van der Waals surface area contributed by atoms with E-state index in [2.05, 4.69) is 50.6 Å². The van der Waals surface area contributed by atoms with Crippen molar-refractivity contribution in [1.29, 1.82) is 0 Å². The van der Waals surface area contributed by atoms with E-state index in [4.69, 9.17) is 4.84 Å². The summed E-state index contributed by atoms with van der Waals surface area (Å²) in [6.07, 6.45) is 0. The molecule has 0 aliphatic rings. The molecule has 0 unspecified atom stereocenters. The van der Waals surface area contributed by atoms with Crippen LogP contribution >= 0.6 is 0 Å². The van der Waals surface area contributed by atoms with Crippen molar-refractivity contribution in [3.05, 3.63) is 0 Å². The quantitative estimate of drug-likeness (QED) is 0.517. The summed E-state index contributed by atoms with van der Waals surface area (Å²) in [5.74, 6) is 0. The summed E-state index contributed by atoms with van der Waals surface area (Å²) in [7, 11) is -2.54. The number of hydrogen-bond donors (Lipinski definition) is 0. The normalized spacial score (nSPS) is 14.0. The van der Waals surface area contributed by atoms with Crippen molar-refractivity contribution in [2.45, 2.75) is 46.2 Å². The van der Waals surface area contributed by atoms with Gasteiger partial charge in [-0.1, -0.05) is 39.3 Å². The first-order chi connectivity index (χ1) is 5.19. The minimum atomic E-state index is -1.27. The van der Waals surface area contributed by atoms with Gasteiger partial charge in [-0.3, -0.25) is 0 Å². The van der Waals surface area contributed by atoms with Crippen LogP contribution in [0.2, 0.25) is 39.3 Å². The van der Waals surface area contributed by atoms with E-state index in [1.54, 1.807) is 0 Å². The first kappa shape index (κ1) is 12.4. The van der Waals surface area contributed by atoms with E-state index in [9.17, 15) is 0 Å². The van der Waals surface area contributed by atoms with E-state index in [1.165, 1.54) is 0 Å². The molecule has 0 spiro atoms. The Labute approximate surface area is 79.0 Å². The highest BCUT2D eigenvalue weighted by Gasteiger charge is 2.35. The Hall–Kier alpha value is 0.354. The maximum atomic E-state index is 5.73. The Kier molecular flexibility index (Phi) is 4.16. The highest BCUT2D eigenvalue weighted by Crippen LogP contribution is 2.19. The topological polar surface area (TPSA) is 12.5 Å². The highest BCUT2D eigenvalue weighted by atomic mass is 28.4. The van der Waals surface area contributed by atoms with Gasteiger partial charge in [0.15, 0.2) is 0 Å². The average Bonchev–Trinajstić information content (AvgIpc) is 1.77. The lowest BCUT2D eigenvalue weighted by Crippen LogP contribution is -2.58. The summed E-state index contributed by atoms with van der Waals surface area (Å²) < 4.78 is 2.33. The lowest BCUT2D eigenvalue weighted by molar-refractivity contribution is -0.0278. The van der Waals surface area contributed by atoms with E-state index in [1.807, 2.05) is 0 Å². The molecule has 0 amide bonds. The van der Waals surface area contributed by atoms with Crippen LogP contribution in [0.5, 0.6) is 0 Å².